The van der Waals surface area contributed by atoms with Crippen molar-refractivity contribution in [2.45, 2.75) is 19.9 Å². The minimum Gasteiger partial charge on any atom is -0.380 e. The molecule has 1 heterocycles. The van der Waals surface area contributed by atoms with E-state index in [-0.39, 0.29) is 18.0 Å². The van der Waals surface area contributed by atoms with Crippen molar-refractivity contribution in [3.05, 3.63) is 81.1 Å². The highest BCUT2D eigenvalue weighted by atomic mass is 32.1. The second-order valence-corrected chi connectivity index (χ2v) is 7.97. The van der Waals surface area contributed by atoms with Crippen LogP contribution in [0.15, 0.2) is 65.7 Å². The van der Waals surface area contributed by atoms with Gasteiger partial charge in [0.25, 0.3) is 11.6 Å². The Hall–Kier alpha value is -3.36. The molecule has 4 aromatic rings. The molecule has 0 unspecified atom stereocenters. The van der Waals surface area contributed by atoms with Crippen molar-refractivity contribution in [1.29, 1.82) is 0 Å². The first kappa shape index (κ1) is 20.9. The van der Waals surface area contributed by atoms with Crippen LogP contribution in [0.1, 0.15) is 12.5 Å². The fourth-order valence-corrected chi connectivity index (χ4v) is 4.64. The van der Waals surface area contributed by atoms with Crippen molar-refractivity contribution in [3.63, 3.8) is 0 Å². The summed E-state index contributed by atoms with van der Waals surface area (Å²) in [5, 5.41) is 13.3. The monoisotopic (exact) mass is 435 g/mol. The molecule has 7 nitrogen and oxygen atoms in total. The van der Waals surface area contributed by atoms with Crippen LogP contribution in [-0.2, 0) is 22.5 Å². The standard InChI is InChI=1S/C23H21N3O4S/c1-2-30-13-12-25-20-11-10-18(26(28)29)15-21(20)31-23(25)24-22(27)14-17-8-5-7-16-6-3-4-9-19(16)17/h3-11,15H,2,12-14H2,1H3. The molecule has 0 fully saturated rings. The summed E-state index contributed by atoms with van der Waals surface area (Å²) in [6, 6.07) is 18.5. The molecule has 0 spiro atoms. The van der Waals surface area contributed by atoms with Gasteiger partial charge in [0.2, 0.25) is 0 Å². The summed E-state index contributed by atoms with van der Waals surface area (Å²) in [7, 11) is 0. The van der Waals surface area contributed by atoms with Crippen molar-refractivity contribution in [3.8, 4) is 0 Å². The Morgan fingerprint density at radius 1 is 1.16 bits per heavy atom. The number of hydrogen-bond donors (Lipinski definition) is 0. The SMILES string of the molecule is CCOCCn1c(=NC(=O)Cc2cccc3ccccc23)sc2cc([N+](=O)[O-])ccc21. The molecule has 3 aromatic carbocycles. The lowest BCUT2D eigenvalue weighted by Crippen LogP contribution is -2.20. The van der Waals surface area contributed by atoms with Crippen LogP contribution in [0.2, 0.25) is 0 Å². The molecule has 0 aliphatic rings. The number of nitrogens with zero attached hydrogens (tertiary/aromatic N) is 3. The fourth-order valence-electron chi connectivity index (χ4n) is 3.53. The second-order valence-electron chi connectivity index (χ2n) is 6.96. The maximum Gasteiger partial charge on any atom is 0.270 e. The predicted octanol–water partition coefficient (Wildman–Crippen LogP) is 4.47. The highest BCUT2D eigenvalue weighted by Crippen LogP contribution is 2.23. The molecule has 158 valence electrons. The molecule has 0 atom stereocenters. The van der Waals surface area contributed by atoms with Crippen molar-refractivity contribution >= 4 is 43.9 Å². The lowest BCUT2D eigenvalue weighted by molar-refractivity contribution is -0.384. The number of fused-ring (bicyclic) bond motifs is 2. The first-order chi connectivity index (χ1) is 15.1. The van der Waals surface area contributed by atoms with Crippen LogP contribution in [0.5, 0.6) is 0 Å². The molecular formula is C23H21N3O4S. The quantitative estimate of drug-likeness (QED) is 0.243. The average Bonchev–Trinajstić information content (AvgIpc) is 3.10. The topological polar surface area (TPSA) is 86.7 Å². The van der Waals surface area contributed by atoms with Gasteiger partial charge in [-0.25, -0.2) is 0 Å². The molecule has 0 radical (unpaired) electrons. The van der Waals surface area contributed by atoms with Crippen LogP contribution in [0, 0.1) is 10.1 Å². The zero-order valence-electron chi connectivity index (χ0n) is 17.0. The van der Waals surface area contributed by atoms with Crippen LogP contribution < -0.4 is 4.80 Å². The van der Waals surface area contributed by atoms with Crippen molar-refractivity contribution in [1.82, 2.24) is 4.57 Å². The van der Waals surface area contributed by atoms with Gasteiger partial charge >= 0.3 is 0 Å². The van der Waals surface area contributed by atoms with E-state index < -0.39 is 4.92 Å². The molecule has 1 aromatic heterocycles. The van der Waals surface area contributed by atoms with Crippen LogP contribution in [-0.4, -0.2) is 28.6 Å². The van der Waals surface area contributed by atoms with Gasteiger partial charge in [-0.2, -0.15) is 4.99 Å². The lowest BCUT2D eigenvalue weighted by atomic mass is 10.0. The van der Waals surface area contributed by atoms with Gasteiger partial charge in [0.15, 0.2) is 4.80 Å². The molecule has 0 saturated heterocycles. The molecule has 0 aliphatic heterocycles. The average molecular weight is 436 g/mol. The van der Waals surface area contributed by atoms with Crippen LogP contribution >= 0.6 is 11.3 Å². The molecule has 0 bridgehead atoms. The minimum absolute atomic E-state index is 0.0133. The summed E-state index contributed by atoms with van der Waals surface area (Å²) in [4.78, 5) is 28.4. The Bertz CT molecular complexity index is 1330. The Morgan fingerprint density at radius 3 is 2.77 bits per heavy atom. The highest BCUT2D eigenvalue weighted by Gasteiger charge is 2.13. The largest absolute Gasteiger partial charge is 0.380 e. The van der Waals surface area contributed by atoms with E-state index in [2.05, 4.69) is 4.99 Å². The third-order valence-electron chi connectivity index (χ3n) is 4.98. The van der Waals surface area contributed by atoms with Gasteiger partial charge in [-0.1, -0.05) is 53.8 Å². The number of benzene rings is 3. The number of ether oxygens (including phenoxy) is 1. The number of non-ortho nitro benzene ring substituents is 1. The number of nitro groups is 1. The number of carbonyl (C=O) groups is 1. The van der Waals surface area contributed by atoms with Gasteiger partial charge < -0.3 is 9.30 Å². The molecule has 8 heteroatoms. The molecule has 1 amide bonds. The highest BCUT2D eigenvalue weighted by molar-refractivity contribution is 7.16. The minimum atomic E-state index is -0.424. The summed E-state index contributed by atoms with van der Waals surface area (Å²) in [5.41, 5.74) is 1.73. The third-order valence-corrected chi connectivity index (χ3v) is 6.02. The summed E-state index contributed by atoms with van der Waals surface area (Å²) in [5.74, 6) is -0.262. The van der Waals surface area contributed by atoms with E-state index in [0.29, 0.717) is 29.3 Å². The van der Waals surface area contributed by atoms with Gasteiger partial charge in [-0.15, -0.1) is 0 Å². The maximum absolute atomic E-state index is 12.8. The van der Waals surface area contributed by atoms with Crippen LogP contribution in [0.25, 0.3) is 21.0 Å². The van der Waals surface area contributed by atoms with E-state index >= 15 is 0 Å². The third kappa shape index (κ3) is 4.55. The predicted molar refractivity (Wildman–Crippen MR) is 121 cm³/mol. The van der Waals surface area contributed by atoms with Crippen LogP contribution in [0.4, 0.5) is 5.69 Å². The van der Waals surface area contributed by atoms with E-state index in [1.807, 2.05) is 54.0 Å². The van der Waals surface area contributed by atoms with Crippen molar-refractivity contribution < 1.29 is 14.5 Å². The van der Waals surface area contributed by atoms with Gasteiger partial charge in [0, 0.05) is 25.3 Å². The number of carbonyl (C=O) groups excluding carboxylic acids is 1. The second kappa shape index (κ2) is 9.20. The van der Waals surface area contributed by atoms with Gasteiger partial charge in [-0.05, 0) is 29.3 Å². The van der Waals surface area contributed by atoms with Gasteiger partial charge in [-0.3, -0.25) is 14.9 Å². The molecule has 31 heavy (non-hydrogen) atoms. The number of hydrogen-bond acceptors (Lipinski definition) is 5. The van der Waals surface area contributed by atoms with E-state index in [1.165, 1.54) is 23.5 Å². The summed E-state index contributed by atoms with van der Waals surface area (Å²) in [6.45, 7) is 3.47. The van der Waals surface area contributed by atoms with E-state index in [4.69, 9.17) is 4.74 Å². The van der Waals surface area contributed by atoms with Crippen molar-refractivity contribution in [2.24, 2.45) is 4.99 Å². The molecule has 0 N–H and O–H groups in total. The van der Waals surface area contributed by atoms with E-state index in [0.717, 1.165) is 21.9 Å². The number of nitro benzene ring substituents is 1. The Kier molecular flexibility index (Phi) is 6.20. The number of thiazole rings is 1. The normalized spacial score (nSPS) is 12.0. The number of rotatable bonds is 7. The Labute approximate surface area is 182 Å². The molecule has 0 aliphatic carbocycles. The maximum atomic E-state index is 12.8. The molecule has 0 saturated carbocycles. The molecular weight excluding hydrogens is 414 g/mol. The van der Waals surface area contributed by atoms with Crippen LogP contribution in [0.3, 0.4) is 0 Å². The summed E-state index contributed by atoms with van der Waals surface area (Å²) in [6.07, 6.45) is 0.182. The van der Waals surface area contributed by atoms with E-state index in [9.17, 15) is 14.9 Å². The number of amides is 1. The first-order valence-corrected chi connectivity index (χ1v) is 10.8. The van der Waals surface area contributed by atoms with E-state index in [1.54, 1.807) is 6.07 Å². The summed E-state index contributed by atoms with van der Waals surface area (Å²) >= 11 is 1.27. The zero-order chi connectivity index (χ0) is 21.8. The van der Waals surface area contributed by atoms with Crippen molar-refractivity contribution in [2.75, 3.05) is 13.2 Å². The Morgan fingerprint density at radius 2 is 1.97 bits per heavy atom. The zero-order valence-corrected chi connectivity index (χ0v) is 17.8. The van der Waals surface area contributed by atoms with Gasteiger partial charge in [0.05, 0.1) is 28.2 Å². The summed E-state index contributed by atoms with van der Waals surface area (Å²) < 4.78 is 8.07. The Balaban J connectivity index is 1.72. The lowest BCUT2D eigenvalue weighted by Gasteiger charge is -2.06. The molecule has 4 rings (SSSR count). The number of aromatic nitrogens is 1. The smallest absolute Gasteiger partial charge is 0.270 e. The van der Waals surface area contributed by atoms with Gasteiger partial charge in [0.1, 0.15) is 0 Å². The fraction of sp³-hybridized carbons (Fsp3) is 0.217. The first-order valence-electron chi connectivity index (χ1n) is 9.96.